The quantitative estimate of drug-likeness (QED) is 0.466. The molecule has 0 atom stereocenters. The maximum Gasteiger partial charge on any atom is 0.251 e. The fourth-order valence-corrected chi connectivity index (χ4v) is 5.00. The number of halogens is 3. The average Bonchev–Trinajstić information content (AvgIpc) is 3.01. The Labute approximate surface area is 190 Å². The Morgan fingerprint density at radius 1 is 1.10 bits per heavy atom. The van der Waals surface area contributed by atoms with Crippen LogP contribution in [0.1, 0.15) is 50.9 Å². The summed E-state index contributed by atoms with van der Waals surface area (Å²) in [5.41, 5.74) is 1.59. The molecule has 1 saturated heterocycles. The number of aromatic nitrogens is 2. The number of imidazole rings is 1. The molecule has 3 N–H and O–H groups in total. The molecular weight excluding hydrogens is 438 g/mol. The summed E-state index contributed by atoms with van der Waals surface area (Å²) >= 11 is 12.1. The largest absolute Gasteiger partial charge is 0.349 e. The van der Waals surface area contributed by atoms with Gasteiger partial charge in [0, 0.05) is 22.7 Å². The molecule has 0 aliphatic carbocycles. The number of fused-ring (bicyclic) bond motifs is 1. The molecule has 8 heteroatoms. The van der Waals surface area contributed by atoms with Gasteiger partial charge in [-0.2, -0.15) is 0 Å². The van der Waals surface area contributed by atoms with Gasteiger partial charge in [0.1, 0.15) is 11.6 Å². The Balaban J connectivity index is 1.55. The number of aromatic amines is 1. The van der Waals surface area contributed by atoms with Gasteiger partial charge in [0.25, 0.3) is 5.91 Å². The lowest BCUT2D eigenvalue weighted by atomic mass is 9.79. The van der Waals surface area contributed by atoms with Crippen molar-refractivity contribution in [3.05, 3.63) is 51.8 Å². The Kier molecular flexibility index (Phi) is 5.53. The first-order valence-electron chi connectivity index (χ1n) is 10.2. The minimum absolute atomic E-state index is 0.00589. The van der Waals surface area contributed by atoms with Gasteiger partial charge in [0.05, 0.1) is 26.6 Å². The van der Waals surface area contributed by atoms with Crippen LogP contribution < -0.4 is 10.6 Å². The summed E-state index contributed by atoms with van der Waals surface area (Å²) in [6.07, 6.45) is 1.60. The predicted molar refractivity (Wildman–Crippen MR) is 123 cm³/mol. The van der Waals surface area contributed by atoms with Gasteiger partial charge in [-0.05, 0) is 70.9 Å². The summed E-state index contributed by atoms with van der Waals surface area (Å²) in [6.45, 7) is 8.48. The van der Waals surface area contributed by atoms with Crippen LogP contribution in [0.15, 0.2) is 30.3 Å². The van der Waals surface area contributed by atoms with E-state index in [1.165, 1.54) is 6.07 Å². The molecule has 1 fully saturated rings. The number of piperidine rings is 1. The lowest BCUT2D eigenvalue weighted by Gasteiger charge is -2.46. The molecule has 2 heterocycles. The molecule has 4 rings (SSSR count). The molecule has 1 amide bonds. The molecule has 31 heavy (non-hydrogen) atoms. The smallest absolute Gasteiger partial charge is 0.251 e. The Morgan fingerprint density at radius 2 is 1.74 bits per heavy atom. The number of hydrogen-bond donors (Lipinski definition) is 3. The second kappa shape index (κ2) is 7.76. The normalized spacial score (nSPS) is 18.3. The highest BCUT2D eigenvalue weighted by atomic mass is 35.5. The van der Waals surface area contributed by atoms with Crippen molar-refractivity contribution in [2.75, 3.05) is 0 Å². The van der Waals surface area contributed by atoms with Gasteiger partial charge < -0.3 is 15.6 Å². The maximum absolute atomic E-state index is 14.9. The molecule has 0 radical (unpaired) electrons. The van der Waals surface area contributed by atoms with E-state index in [1.54, 1.807) is 24.3 Å². The van der Waals surface area contributed by atoms with E-state index in [0.717, 1.165) is 12.8 Å². The highest BCUT2D eigenvalue weighted by molar-refractivity contribution is 6.42. The molecule has 0 spiro atoms. The summed E-state index contributed by atoms with van der Waals surface area (Å²) in [5, 5.41) is 7.43. The van der Waals surface area contributed by atoms with Crippen LogP contribution in [-0.2, 0) is 0 Å². The van der Waals surface area contributed by atoms with Gasteiger partial charge in [-0.1, -0.05) is 23.2 Å². The first-order valence-corrected chi connectivity index (χ1v) is 10.9. The third-order valence-corrected chi connectivity index (χ3v) is 6.26. The summed E-state index contributed by atoms with van der Waals surface area (Å²) in [7, 11) is 0. The Morgan fingerprint density at radius 3 is 2.39 bits per heavy atom. The fraction of sp³-hybridized carbons (Fsp3) is 0.391. The van der Waals surface area contributed by atoms with Crippen LogP contribution in [0.2, 0.25) is 10.0 Å². The molecule has 164 valence electrons. The number of nitrogens with one attached hydrogen (secondary N) is 3. The summed E-state index contributed by atoms with van der Waals surface area (Å²) in [6, 6.07) is 7.69. The van der Waals surface area contributed by atoms with Crippen LogP contribution in [0.5, 0.6) is 0 Å². The summed E-state index contributed by atoms with van der Waals surface area (Å²) in [4.78, 5) is 20.3. The molecule has 2 aromatic carbocycles. The van der Waals surface area contributed by atoms with Crippen molar-refractivity contribution in [2.24, 2.45) is 0 Å². The molecule has 1 aliphatic heterocycles. The first-order chi connectivity index (χ1) is 14.4. The van der Waals surface area contributed by atoms with E-state index < -0.39 is 5.82 Å². The molecule has 0 saturated carbocycles. The zero-order valence-corrected chi connectivity index (χ0v) is 19.4. The van der Waals surface area contributed by atoms with Gasteiger partial charge >= 0.3 is 0 Å². The van der Waals surface area contributed by atoms with Crippen LogP contribution in [-0.4, -0.2) is 33.0 Å². The summed E-state index contributed by atoms with van der Waals surface area (Å²) in [5.74, 6) is -0.471. The minimum atomic E-state index is -0.533. The maximum atomic E-state index is 14.9. The average molecular weight is 463 g/mol. The van der Waals surface area contributed by atoms with E-state index in [9.17, 15) is 9.18 Å². The van der Waals surface area contributed by atoms with Gasteiger partial charge in [-0.15, -0.1) is 0 Å². The number of H-pyrrole nitrogens is 1. The van der Waals surface area contributed by atoms with Crippen molar-refractivity contribution in [2.45, 2.75) is 57.7 Å². The van der Waals surface area contributed by atoms with Crippen LogP contribution in [0.4, 0.5) is 4.39 Å². The lowest BCUT2D eigenvalue weighted by Crippen LogP contribution is -2.62. The Bertz CT molecular complexity index is 1120. The third-order valence-electron chi connectivity index (χ3n) is 5.54. The monoisotopic (exact) mass is 462 g/mol. The van der Waals surface area contributed by atoms with Gasteiger partial charge in [0.15, 0.2) is 0 Å². The second-order valence-corrected chi connectivity index (χ2v) is 10.3. The number of carbonyl (C=O) groups is 1. The van der Waals surface area contributed by atoms with Crippen molar-refractivity contribution in [3.8, 4) is 11.4 Å². The van der Waals surface area contributed by atoms with Crippen molar-refractivity contribution >= 4 is 40.1 Å². The zero-order chi connectivity index (χ0) is 22.6. The van der Waals surface area contributed by atoms with Crippen molar-refractivity contribution in [1.29, 1.82) is 0 Å². The number of nitrogens with zero attached hydrogens (tertiary/aromatic N) is 1. The van der Waals surface area contributed by atoms with Gasteiger partial charge in [-0.3, -0.25) is 4.79 Å². The lowest BCUT2D eigenvalue weighted by molar-refractivity contribution is 0.0872. The number of benzene rings is 2. The van der Waals surface area contributed by atoms with Gasteiger partial charge in [-0.25, -0.2) is 9.37 Å². The minimum Gasteiger partial charge on any atom is -0.349 e. The number of amides is 1. The molecule has 1 aliphatic rings. The van der Waals surface area contributed by atoms with E-state index in [0.29, 0.717) is 26.9 Å². The molecule has 0 bridgehead atoms. The molecule has 0 unspecified atom stereocenters. The van der Waals surface area contributed by atoms with Gasteiger partial charge in [0.2, 0.25) is 0 Å². The van der Waals surface area contributed by atoms with E-state index in [-0.39, 0.29) is 34.2 Å². The highest BCUT2D eigenvalue weighted by Gasteiger charge is 2.38. The fourth-order valence-electron chi connectivity index (χ4n) is 4.67. The van der Waals surface area contributed by atoms with E-state index in [1.807, 2.05) is 0 Å². The van der Waals surface area contributed by atoms with Crippen LogP contribution >= 0.6 is 23.2 Å². The SMILES string of the molecule is CC1(C)CC(NC(=O)c2ccc(-c3nc4cc(Cl)c(Cl)cc4[nH]3)c(F)c2)CC(C)(C)N1. The summed E-state index contributed by atoms with van der Waals surface area (Å²) < 4.78 is 14.9. The number of hydrogen-bond acceptors (Lipinski definition) is 3. The van der Waals surface area contributed by atoms with Crippen molar-refractivity contribution in [3.63, 3.8) is 0 Å². The van der Waals surface area contributed by atoms with E-state index >= 15 is 0 Å². The first kappa shape index (κ1) is 22.1. The van der Waals surface area contributed by atoms with Crippen molar-refractivity contribution < 1.29 is 9.18 Å². The second-order valence-electron chi connectivity index (χ2n) is 9.53. The number of rotatable bonds is 3. The van der Waals surface area contributed by atoms with Crippen molar-refractivity contribution in [1.82, 2.24) is 20.6 Å². The molecule has 5 nitrogen and oxygen atoms in total. The standard InChI is InChI=1S/C23H25Cl2FN4O/c1-22(2)10-13(11-23(3,4)30-22)27-21(31)12-5-6-14(17(26)7-12)20-28-18-8-15(24)16(25)9-19(18)29-20/h5-9,13,30H,10-11H2,1-4H3,(H,27,31)(H,28,29). The van der Waals surface area contributed by atoms with E-state index in [2.05, 4.69) is 48.3 Å². The molecule has 1 aromatic heterocycles. The molecular formula is C23H25Cl2FN4O. The highest BCUT2D eigenvalue weighted by Crippen LogP contribution is 2.31. The third kappa shape index (κ3) is 4.71. The van der Waals surface area contributed by atoms with Crippen LogP contribution in [0.25, 0.3) is 22.4 Å². The Hall–Kier alpha value is -2.15. The predicted octanol–water partition coefficient (Wildman–Crippen LogP) is 5.71. The zero-order valence-electron chi connectivity index (χ0n) is 17.9. The number of carbonyl (C=O) groups excluding carboxylic acids is 1. The van der Waals surface area contributed by atoms with E-state index in [4.69, 9.17) is 23.2 Å². The molecule has 3 aromatic rings. The topological polar surface area (TPSA) is 69.8 Å². The van der Waals surface area contributed by atoms with Crippen LogP contribution in [0, 0.1) is 5.82 Å². The van der Waals surface area contributed by atoms with Crippen LogP contribution in [0.3, 0.4) is 0 Å².